The minimum atomic E-state index is -0.812. The van der Waals surface area contributed by atoms with Gasteiger partial charge in [0.15, 0.2) is 0 Å². The molecule has 1 aromatic heterocycles. The molecule has 9 nitrogen and oxygen atoms in total. The standard InChI is InChI=1S/C24H22N2O7/c1-15-20(23(28)32-12-11-27)22(18-9-6-10-19(13-18)26(30)31)21(16(2)25-15)24(29)33-14-17-7-4-3-5-8-17/h3-10,13,27H,11-12,14H2,1-2H3. The van der Waals surface area contributed by atoms with Gasteiger partial charge in [-0.3, -0.25) is 15.1 Å². The summed E-state index contributed by atoms with van der Waals surface area (Å²) >= 11 is 0. The van der Waals surface area contributed by atoms with Crippen LogP contribution in [0.15, 0.2) is 54.6 Å². The number of esters is 2. The molecule has 0 aliphatic carbocycles. The minimum absolute atomic E-state index is 0.00739. The summed E-state index contributed by atoms with van der Waals surface area (Å²) in [6, 6.07) is 14.6. The van der Waals surface area contributed by atoms with E-state index < -0.39 is 16.9 Å². The summed E-state index contributed by atoms with van der Waals surface area (Å²) in [6.07, 6.45) is 0. The van der Waals surface area contributed by atoms with E-state index in [9.17, 15) is 19.7 Å². The second kappa shape index (κ2) is 10.5. The highest BCUT2D eigenvalue weighted by molar-refractivity contribution is 6.07. The van der Waals surface area contributed by atoms with Gasteiger partial charge < -0.3 is 14.6 Å². The summed E-state index contributed by atoms with van der Waals surface area (Å²) in [5, 5.41) is 20.4. The fourth-order valence-electron chi connectivity index (χ4n) is 3.42. The Morgan fingerprint density at radius 1 is 0.970 bits per heavy atom. The van der Waals surface area contributed by atoms with Gasteiger partial charge in [-0.2, -0.15) is 0 Å². The molecule has 0 radical (unpaired) electrons. The first-order chi connectivity index (χ1) is 15.8. The van der Waals surface area contributed by atoms with Crippen LogP contribution in [0.4, 0.5) is 5.69 Å². The second-order valence-electron chi connectivity index (χ2n) is 7.14. The van der Waals surface area contributed by atoms with Crippen LogP contribution in [0.25, 0.3) is 11.1 Å². The minimum Gasteiger partial charge on any atom is -0.460 e. The van der Waals surface area contributed by atoms with Gasteiger partial charge in [0.25, 0.3) is 5.69 Å². The van der Waals surface area contributed by atoms with Crippen LogP contribution in [0.5, 0.6) is 0 Å². The average Bonchev–Trinajstić information content (AvgIpc) is 2.81. The molecule has 0 spiro atoms. The molecule has 0 fully saturated rings. The third-order valence-corrected chi connectivity index (χ3v) is 4.85. The van der Waals surface area contributed by atoms with Crippen molar-refractivity contribution in [2.45, 2.75) is 20.5 Å². The number of carbonyl (C=O) groups is 2. The molecule has 0 aliphatic heterocycles. The van der Waals surface area contributed by atoms with E-state index in [2.05, 4.69) is 4.98 Å². The van der Waals surface area contributed by atoms with Crippen molar-refractivity contribution in [1.29, 1.82) is 0 Å². The number of hydrogen-bond acceptors (Lipinski definition) is 8. The Balaban J connectivity index is 2.17. The van der Waals surface area contributed by atoms with Gasteiger partial charge in [-0.25, -0.2) is 9.59 Å². The molecule has 0 bridgehead atoms. The van der Waals surface area contributed by atoms with E-state index in [1.54, 1.807) is 32.0 Å². The van der Waals surface area contributed by atoms with Gasteiger partial charge >= 0.3 is 11.9 Å². The lowest BCUT2D eigenvalue weighted by atomic mass is 9.92. The van der Waals surface area contributed by atoms with Crippen LogP contribution < -0.4 is 0 Å². The Bertz CT molecular complexity index is 1190. The van der Waals surface area contributed by atoms with Crippen LogP contribution in [0.1, 0.15) is 37.7 Å². The lowest BCUT2D eigenvalue weighted by Gasteiger charge is -2.18. The largest absolute Gasteiger partial charge is 0.460 e. The zero-order valence-electron chi connectivity index (χ0n) is 18.1. The van der Waals surface area contributed by atoms with E-state index in [1.807, 2.05) is 18.2 Å². The van der Waals surface area contributed by atoms with Crippen molar-refractivity contribution < 1.29 is 29.1 Å². The summed E-state index contributed by atoms with van der Waals surface area (Å²) in [6.45, 7) is 2.51. The number of aliphatic hydroxyl groups excluding tert-OH is 1. The summed E-state index contributed by atoms with van der Waals surface area (Å²) in [5.74, 6) is -1.55. The van der Waals surface area contributed by atoms with E-state index in [4.69, 9.17) is 14.6 Å². The second-order valence-corrected chi connectivity index (χ2v) is 7.14. The molecule has 0 atom stereocenters. The van der Waals surface area contributed by atoms with Gasteiger partial charge in [-0.1, -0.05) is 42.5 Å². The number of aryl methyl sites for hydroxylation is 2. The number of ether oxygens (including phenoxy) is 2. The molecule has 0 unspecified atom stereocenters. The number of aliphatic hydroxyl groups is 1. The summed E-state index contributed by atoms with van der Waals surface area (Å²) in [4.78, 5) is 41.1. The monoisotopic (exact) mass is 450 g/mol. The van der Waals surface area contributed by atoms with Gasteiger partial charge in [0.05, 0.1) is 34.0 Å². The maximum Gasteiger partial charge on any atom is 0.340 e. The Kier molecular flexibility index (Phi) is 7.47. The Labute approximate surface area is 189 Å². The zero-order valence-corrected chi connectivity index (χ0v) is 18.1. The van der Waals surface area contributed by atoms with Crippen molar-refractivity contribution in [3.05, 3.63) is 92.8 Å². The van der Waals surface area contributed by atoms with Gasteiger partial charge in [0, 0.05) is 17.7 Å². The van der Waals surface area contributed by atoms with Crippen molar-refractivity contribution in [2.75, 3.05) is 13.2 Å². The molecule has 33 heavy (non-hydrogen) atoms. The highest BCUT2D eigenvalue weighted by Crippen LogP contribution is 2.34. The van der Waals surface area contributed by atoms with Crippen molar-refractivity contribution in [1.82, 2.24) is 4.98 Å². The SMILES string of the molecule is Cc1nc(C)c(C(=O)OCc2ccccc2)c(-c2cccc([N+](=O)[O-])c2)c1C(=O)OCCO. The smallest absolute Gasteiger partial charge is 0.340 e. The molecule has 1 heterocycles. The molecule has 3 rings (SSSR count). The van der Waals surface area contributed by atoms with E-state index in [1.165, 1.54) is 18.2 Å². The number of rotatable bonds is 8. The molecule has 0 amide bonds. The highest BCUT2D eigenvalue weighted by Gasteiger charge is 2.28. The number of non-ortho nitro benzene ring substituents is 1. The third-order valence-electron chi connectivity index (χ3n) is 4.85. The van der Waals surface area contributed by atoms with Crippen LogP contribution in [-0.2, 0) is 16.1 Å². The van der Waals surface area contributed by atoms with Crippen molar-refractivity contribution in [3.63, 3.8) is 0 Å². The van der Waals surface area contributed by atoms with Crippen molar-refractivity contribution >= 4 is 17.6 Å². The van der Waals surface area contributed by atoms with E-state index >= 15 is 0 Å². The van der Waals surface area contributed by atoms with Crippen LogP contribution in [0.3, 0.4) is 0 Å². The zero-order chi connectivity index (χ0) is 24.0. The maximum absolute atomic E-state index is 13.2. The Hall–Kier alpha value is -4.11. The van der Waals surface area contributed by atoms with Gasteiger partial charge in [0.1, 0.15) is 13.2 Å². The number of nitrogens with zero attached hydrogens (tertiary/aromatic N) is 2. The lowest BCUT2D eigenvalue weighted by Crippen LogP contribution is -2.18. The van der Waals surface area contributed by atoms with Crippen molar-refractivity contribution in [2.24, 2.45) is 0 Å². The molecular formula is C24H22N2O7. The molecule has 3 aromatic rings. The van der Waals surface area contributed by atoms with Crippen LogP contribution in [0.2, 0.25) is 0 Å². The number of benzene rings is 2. The third kappa shape index (κ3) is 5.39. The first kappa shape index (κ1) is 23.6. The van der Waals surface area contributed by atoms with E-state index in [0.717, 1.165) is 5.56 Å². The topological polar surface area (TPSA) is 129 Å². The van der Waals surface area contributed by atoms with Crippen LogP contribution in [0, 0.1) is 24.0 Å². The maximum atomic E-state index is 13.2. The molecule has 0 saturated heterocycles. The molecule has 2 aromatic carbocycles. The predicted octanol–water partition coefficient (Wildman–Crippen LogP) is 3.78. The fraction of sp³-hybridized carbons (Fsp3) is 0.208. The molecular weight excluding hydrogens is 428 g/mol. The summed E-state index contributed by atoms with van der Waals surface area (Å²) in [5.41, 5.74) is 1.50. The van der Waals surface area contributed by atoms with Gasteiger partial charge in [-0.05, 0) is 25.0 Å². The number of aromatic nitrogens is 1. The summed E-state index contributed by atoms with van der Waals surface area (Å²) < 4.78 is 10.6. The fourth-order valence-corrected chi connectivity index (χ4v) is 3.42. The number of carbonyl (C=O) groups excluding carboxylic acids is 2. The first-order valence-electron chi connectivity index (χ1n) is 10.1. The van der Waals surface area contributed by atoms with Crippen LogP contribution in [-0.4, -0.2) is 40.2 Å². The normalized spacial score (nSPS) is 10.5. The number of nitro groups is 1. The number of nitro benzene ring substituents is 1. The van der Waals surface area contributed by atoms with Gasteiger partial charge in [-0.15, -0.1) is 0 Å². The molecule has 0 aliphatic rings. The predicted molar refractivity (Wildman–Crippen MR) is 119 cm³/mol. The van der Waals surface area contributed by atoms with Crippen LogP contribution >= 0.6 is 0 Å². The molecule has 1 N–H and O–H groups in total. The highest BCUT2D eigenvalue weighted by atomic mass is 16.6. The molecule has 9 heteroatoms. The number of hydrogen-bond donors (Lipinski definition) is 1. The van der Waals surface area contributed by atoms with E-state index in [0.29, 0.717) is 5.69 Å². The summed E-state index contributed by atoms with van der Waals surface area (Å²) in [7, 11) is 0. The van der Waals surface area contributed by atoms with E-state index in [-0.39, 0.29) is 53.5 Å². The first-order valence-corrected chi connectivity index (χ1v) is 10.1. The number of pyridine rings is 1. The molecule has 0 saturated carbocycles. The van der Waals surface area contributed by atoms with Crippen molar-refractivity contribution in [3.8, 4) is 11.1 Å². The van der Waals surface area contributed by atoms with Gasteiger partial charge in [0.2, 0.25) is 0 Å². The molecule has 170 valence electrons. The average molecular weight is 450 g/mol. The Morgan fingerprint density at radius 2 is 1.61 bits per heavy atom. The Morgan fingerprint density at radius 3 is 2.21 bits per heavy atom. The lowest BCUT2D eigenvalue weighted by molar-refractivity contribution is -0.384. The quantitative estimate of drug-likeness (QED) is 0.312.